The minimum atomic E-state index is -1.19. The fraction of sp³-hybridized carbons (Fsp3) is 0.342. The van der Waals surface area contributed by atoms with E-state index in [2.05, 4.69) is 47.3 Å². The van der Waals surface area contributed by atoms with Gasteiger partial charge in [0.2, 0.25) is 0 Å². The molecule has 1 fully saturated rings. The second kappa shape index (κ2) is 17.3. The number of hydrogen-bond acceptors (Lipinski definition) is 10. The molecule has 0 aliphatic carbocycles. The Morgan fingerprint density at radius 2 is 1.74 bits per heavy atom. The number of benzene rings is 3. The van der Waals surface area contributed by atoms with Gasteiger partial charge in [0.05, 0.1) is 29.9 Å². The quantitative estimate of drug-likeness (QED) is 0.110. The predicted octanol–water partition coefficient (Wildman–Crippen LogP) is 5.03. The fourth-order valence-corrected chi connectivity index (χ4v) is 6.00. The highest BCUT2D eigenvalue weighted by Gasteiger charge is 2.23. The molecule has 12 heteroatoms. The monoisotopic (exact) mass is 700 g/mol. The fourth-order valence-electron chi connectivity index (χ4n) is 5.76. The lowest BCUT2D eigenvalue weighted by molar-refractivity contribution is -0.140. The van der Waals surface area contributed by atoms with Gasteiger partial charge in [-0.3, -0.25) is 20.0 Å². The average molecular weight is 701 g/mol. The molecule has 0 bridgehead atoms. The number of pyridine rings is 1. The van der Waals surface area contributed by atoms with Gasteiger partial charge < -0.3 is 29.5 Å². The van der Waals surface area contributed by atoms with E-state index in [1.807, 2.05) is 24.3 Å². The lowest BCUT2D eigenvalue weighted by atomic mass is 9.93. The summed E-state index contributed by atoms with van der Waals surface area (Å²) in [7, 11) is 0. The van der Waals surface area contributed by atoms with Crippen molar-refractivity contribution in [3.63, 3.8) is 0 Å². The number of aliphatic hydroxyl groups is 2. The number of hydrogen-bond donors (Lipinski definition) is 4. The maximum Gasteiger partial charge on any atom is 0.323 e. The largest absolute Gasteiger partial charge is 0.493 e. The number of aromatic nitrogens is 1. The number of nitrogens with zero attached hydrogens (tertiary/aromatic N) is 3. The van der Waals surface area contributed by atoms with Crippen molar-refractivity contribution in [1.82, 2.24) is 15.2 Å². The molecule has 5 rings (SSSR count). The normalized spacial score (nSPS) is 13.7. The molecule has 0 saturated carbocycles. The second-order valence-electron chi connectivity index (χ2n) is 12.2. The average Bonchev–Trinajstić information content (AvgIpc) is 3.09. The van der Waals surface area contributed by atoms with Crippen LogP contribution in [0.3, 0.4) is 0 Å². The predicted molar refractivity (Wildman–Crippen MR) is 188 cm³/mol. The number of aliphatic carboxylic acids is 1. The Hall–Kier alpha value is -4.70. The first-order chi connectivity index (χ1) is 24.2. The zero-order valence-electron chi connectivity index (χ0n) is 28.1. The van der Waals surface area contributed by atoms with Gasteiger partial charge in [0, 0.05) is 55.8 Å². The van der Waals surface area contributed by atoms with Crippen LogP contribution in [-0.2, 0) is 24.6 Å². The summed E-state index contributed by atoms with van der Waals surface area (Å²) in [6.45, 7) is 6.83. The molecule has 1 unspecified atom stereocenters. The number of likely N-dealkylation sites (tertiary alicyclic amines) is 1. The molecule has 3 aromatic carbocycles. The number of nitrogens with one attached hydrogen (secondary N) is 1. The summed E-state index contributed by atoms with van der Waals surface area (Å²) in [6, 6.07) is 18.0. The van der Waals surface area contributed by atoms with E-state index in [-0.39, 0.29) is 25.9 Å². The molecule has 2 heterocycles. The van der Waals surface area contributed by atoms with Crippen molar-refractivity contribution in [3.8, 4) is 34.4 Å². The van der Waals surface area contributed by atoms with Crippen molar-refractivity contribution in [2.75, 3.05) is 32.8 Å². The van der Waals surface area contributed by atoms with E-state index in [0.29, 0.717) is 39.8 Å². The Kier molecular flexibility index (Phi) is 12.7. The van der Waals surface area contributed by atoms with Crippen molar-refractivity contribution in [1.29, 1.82) is 5.26 Å². The van der Waals surface area contributed by atoms with Gasteiger partial charge >= 0.3 is 5.97 Å². The number of nitriles is 1. The first kappa shape index (κ1) is 36.6. The van der Waals surface area contributed by atoms with Gasteiger partial charge in [-0.05, 0) is 66.3 Å². The summed E-state index contributed by atoms with van der Waals surface area (Å²) in [6.07, 6.45) is 3.73. The summed E-state index contributed by atoms with van der Waals surface area (Å²) < 4.78 is 18.5. The summed E-state index contributed by atoms with van der Waals surface area (Å²) in [5, 5.41) is 40.7. The topological polar surface area (TPSA) is 157 Å². The van der Waals surface area contributed by atoms with Crippen LogP contribution in [0, 0.1) is 25.2 Å². The van der Waals surface area contributed by atoms with Crippen LogP contribution < -0.4 is 19.5 Å². The van der Waals surface area contributed by atoms with Gasteiger partial charge in [-0.15, -0.1) is 0 Å². The molecule has 1 aliphatic heterocycles. The zero-order chi connectivity index (χ0) is 35.6. The third kappa shape index (κ3) is 9.29. The standard InChI is InChI=1S/C38H41ClN4O7/c1-24-28(6-3-7-31(24)32-8-4-9-35(25(32)2)48-11-5-10-43-19-30(45)20-43)23-50-37-14-36(49-22-27-12-26(15-40)16-41-17-27)29(13-33(37)39)18-42-34(21-44)38(46)47/h3-4,6-9,12-14,16-17,30,34,42,44-45H,5,10-11,18-23H2,1-2H3,(H,46,47). The maximum atomic E-state index is 11.5. The molecule has 0 amide bonds. The highest BCUT2D eigenvalue weighted by atomic mass is 35.5. The number of carboxylic acids is 1. The third-order valence-corrected chi connectivity index (χ3v) is 8.97. The lowest BCUT2D eigenvalue weighted by Crippen LogP contribution is -2.50. The van der Waals surface area contributed by atoms with E-state index in [1.54, 1.807) is 24.4 Å². The van der Waals surface area contributed by atoms with Crippen LogP contribution in [0.15, 0.2) is 67.0 Å². The minimum absolute atomic E-state index is 0.0508. The van der Waals surface area contributed by atoms with E-state index in [0.717, 1.165) is 59.6 Å². The zero-order valence-corrected chi connectivity index (χ0v) is 28.8. The molecule has 11 nitrogen and oxygen atoms in total. The molecular weight excluding hydrogens is 660 g/mol. The summed E-state index contributed by atoms with van der Waals surface area (Å²) >= 11 is 6.68. The number of carboxylic acid groups (broad SMARTS) is 1. The van der Waals surface area contributed by atoms with Gasteiger partial charge in [-0.2, -0.15) is 5.26 Å². The maximum absolute atomic E-state index is 11.5. The molecule has 1 saturated heterocycles. The Labute approximate surface area is 296 Å². The number of ether oxygens (including phenoxy) is 3. The molecule has 0 spiro atoms. The first-order valence-corrected chi connectivity index (χ1v) is 16.7. The number of β-amino-alcohol motifs (C(OH)–C–C–N with tert-alkyl or cyclic N) is 1. The molecule has 1 aliphatic rings. The summed E-state index contributed by atoms with van der Waals surface area (Å²) in [5.41, 5.74) is 6.80. The Morgan fingerprint density at radius 3 is 2.46 bits per heavy atom. The number of carbonyl (C=O) groups is 1. The van der Waals surface area contributed by atoms with Crippen molar-refractivity contribution < 1.29 is 34.3 Å². The van der Waals surface area contributed by atoms with Crippen molar-refractivity contribution in [2.24, 2.45) is 0 Å². The number of rotatable bonds is 17. The van der Waals surface area contributed by atoms with Crippen LogP contribution in [0.25, 0.3) is 11.1 Å². The van der Waals surface area contributed by atoms with E-state index >= 15 is 0 Å². The van der Waals surface area contributed by atoms with Crippen molar-refractivity contribution in [3.05, 3.63) is 105 Å². The third-order valence-electron chi connectivity index (χ3n) is 8.67. The number of halogens is 1. The van der Waals surface area contributed by atoms with Crippen LogP contribution in [0.5, 0.6) is 17.2 Å². The smallest absolute Gasteiger partial charge is 0.323 e. The Bertz CT molecular complexity index is 1840. The molecule has 1 atom stereocenters. The summed E-state index contributed by atoms with van der Waals surface area (Å²) in [4.78, 5) is 17.8. The van der Waals surface area contributed by atoms with Gasteiger partial charge in [0.15, 0.2) is 0 Å². The number of aliphatic hydroxyl groups excluding tert-OH is 2. The first-order valence-electron chi connectivity index (χ1n) is 16.4. The molecule has 4 N–H and O–H groups in total. The van der Waals surface area contributed by atoms with Gasteiger partial charge in [0.25, 0.3) is 0 Å². The van der Waals surface area contributed by atoms with Crippen LogP contribution in [0.2, 0.25) is 5.02 Å². The van der Waals surface area contributed by atoms with E-state index in [4.69, 9.17) is 25.8 Å². The highest BCUT2D eigenvalue weighted by molar-refractivity contribution is 6.32. The van der Waals surface area contributed by atoms with Gasteiger partial charge in [-0.1, -0.05) is 41.9 Å². The second-order valence-corrected chi connectivity index (χ2v) is 12.7. The molecule has 262 valence electrons. The molecular formula is C38H41ClN4O7. The molecule has 1 aromatic heterocycles. The molecule has 50 heavy (non-hydrogen) atoms. The Morgan fingerprint density at radius 1 is 1.00 bits per heavy atom. The summed E-state index contributed by atoms with van der Waals surface area (Å²) in [5.74, 6) is 0.411. The van der Waals surface area contributed by atoms with E-state index in [9.17, 15) is 25.4 Å². The minimum Gasteiger partial charge on any atom is -0.493 e. The van der Waals surface area contributed by atoms with E-state index < -0.39 is 18.6 Å². The van der Waals surface area contributed by atoms with Crippen LogP contribution in [0.1, 0.15) is 39.8 Å². The Balaban J connectivity index is 1.31. The molecule has 4 aromatic rings. The SMILES string of the molecule is Cc1c(COc2cc(OCc3cncc(C#N)c3)c(CNC(CO)C(=O)O)cc2Cl)cccc1-c1cccc(OCCCN2CC(O)C2)c1C. The van der Waals surface area contributed by atoms with Gasteiger partial charge in [0.1, 0.15) is 42.6 Å². The van der Waals surface area contributed by atoms with Crippen LogP contribution in [0.4, 0.5) is 0 Å². The highest BCUT2D eigenvalue weighted by Crippen LogP contribution is 2.36. The molecule has 0 radical (unpaired) electrons. The van der Waals surface area contributed by atoms with Crippen LogP contribution >= 0.6 is 11.6 Å². The van der Waals surface area contributed by atoms with Crippen molar-refractivity contribution in [2.45, 2.75) is 52.2 Å². The van der Waals surface area contributed by atoms with Crippen molar-refractivity contribution >= 4 is 17.6 Å². The van der Waals surface area contributed by atoms with E-state index in [1.165, 1.54) is 6.20 Å². The lowest BCUT2D eigenvalue weighted by Gasteiger charge is -2.35. The van der Waals surface area contributed by atoms with Crippen LogP contribution in [-0.4, -0.2) is 76.2 Å². The van der Waals surface area contributed by atoms with Gasteiger partial charge in [-0.25, -0.2) is 0 Å².